The van der Waals surface area contributed by atoms with Crippen LogP contribution in [0.1, 0.15) is 19.4 Å². The van der Waals surface area contributed by atoms with Crippen LogP contribution in [0.4, 0.5) is 23.7 Å². The van der Waals surface area contributed by atoms with Gasteiger partial charge in [-0.05, 0) is 65.7 Å². The molecule has 0 atom stereocenters. The van der Waals surface area contributed by atoms with Gasteiger partial charge in [-0.1, -0.05) is 18.2 Å². The smallest absolute Gasteiger partial charge is 0.406 e. The third kappa shape index (κ3) is 6.70. The summed E-state index contributed by atoms with van der Waals surface area (Å²) in [6, 6.07) is 12.3. The normalized spacial score (nSPS) is 11.5. The molecule has 0 unspecified atom stereocenters. The Morgan fingerprint density at radius 2 is 1.94 bits per heavy atom. The van der Waals surface area contributed by atoms with E-state index in [9.17, 15) is 18.0 Å². The van der Waals surface area contributed by atoms with Crippen LogP contribution in [0.5, 0.6) is 5.75 Å². The van der Waals surface area contributed by atoms with Crippen molar-refractivity contribution in [3.8, 4) is 16.3 Å². The summed E-state index contributed by atoms with van der Waals surface area (Å²) in [4.78, 5) is 18.8. The van der Waals surface area contributed by atoms with Gasteiger partial charge in [-0.25, -0.2) is 9.78 Å². The van der Waals surface area contributed by atoms with Gasteiger partial charge in [0.15, 0.2) is 0 Å². The van der Waals surface area contributed by atoms with Gasteiger partial charge in [0.25, 0.3) is 0 Å². The van der Waals surface area contributed by atoms with Crippen LogP contribution in [0.15, 0.2) is 58.5 Å². The van der Waals surface area contributed by atoms with Gasteiger partial charge in [-0.3, -0.25) is 0 Å². The van der Waals surface area contributed by atoms with E-state index in [1.165, 1.54) is 23.5 Å². The largest absolute Gasteiger partial charge is 0.573 e. The predicted octanol–water partition coefficient (Wildman–Crippen LogP) is 6.91. The van der Waals surface area contributed by atoms with Crippen molar-refractivity contribution in [3.63, 3.8) is 0 Å². The van der Waals surface area contributed by atoms with Crippen molar-refractivity contribution in [3.05, 3.63) is 64.1 Å². The minimum Gasteiger partial charge on any atom is -0.406 e. The Morgan fingerprint density at radius 1 is 1.23 bits per heavy atom. The zero-order chi connectivity index (χ0) is 22.6. The number of urea groups is 1. The SMILES string of the molecule is CC(C)N(Cc1cccc(-c2ncc(Br)s2)c1)C(=O)Nc1ccc(OC(F)(F)F)cc1. The monoisotopic (exact) mass is 513 g/mol. The molecule has 0 bridgehead atoms. The van der Waals surface area contributed by atoms with Crippen molar-refractivity contribution in [1.82, 2.24) is 9.88 Å². The van der Waals surface area contributed by atoms with E-state index in [4.69, 9.17) is 0 Å². The number of alkyl halides is 3. The Kier molecular flexibility index (Phi) is 7.22. The maximum atomic E-state index is 12.8. The molecule has 0 aliphatic heterocycles. The van der Waals surface area contributed by atoms with Crippen molar-refractivity contribution >= 4 is 39.0 Å². The van der Waals surface area contributed by atoms with Crippen LogP contribution >= 0.6 is 27.3 Å². The molecule has 0 aliphatic carbocycles. The van der Waals surface area contributed by atoms with Gasteiger partial charge in [-0.2, -0.15) is 0 Å². The fourth-order valence-corrected chi connectivity index (χ4v) is 4.01. The van der Waals surface area contributed by atoms with E-state index in [0.717, 1.165) is 32.1 Å². The molecule has 0 fully saturated rings. The second kappa shape index (κ2) is 9.69. The third-order valence-electron chi connectivity index (χ3n) is 4.23. The maximum Gasteiger partial charge on any atom is 0.573 e. The molecule has 3 aromatic rings. The van der Waals surface area contributed by atoms with Crippen LogP contribution in [-0.4, -0.2) is 28.3 Å². The Balaban J connectivity index is 1.70. The highest BCUT2D eigenvalue weighted by Crippen LogP contribution is 2.29. The first-order chi connectivity index (χ1) is 14.6. The van der Waals surface area contributed by atoms with Gasteiger partial charge >= 0.3 is 12.4 Å². The van der Waals surface area contributed by atoms with Crippen molar-refractivity contribution in [1.29, 1.82) is 0 Å². The second-order valence-electron chi connectivity index (χ2n) is 6.89. The number of thiazole rings is 1. The number of hydrogen-bond donors (Lipinski definition) is 1. The summed E-state index contributed by atoms with van der Waals surface area (Å²) in [5, 5.41) is 3.59. The molecule has 2 aromatic carbocycles. The Hall–Kier alpha value is -2.59. The molecular formula is C21H19BrF3N3O2S. The number of amides is 2. The minimum absolute atomic E-state index is 0.106. The number of nitrogens with zero attached hydrogens (tertiary/aromatic N) is 2. The number of carbonyl (C=O) groups excluding carboxylic acids is 1. The van der Waals surface area contributed by atoms with Gasteiger partial charge < -0.3 is 15.0 Å². The first-order valence-electron chi connectivity index (χ1n) is 9.25. The number of halogens is 4. The summed E-state index contributed by atoms with van der Waals surface area (Å²) in [6.45, 7) is 4.14. The highest BCUT2D eigenvalue weighted by molar-refractivity contribution is 9.11. The summed E-state index contributed by atoms with van der Waals surface area (Å²) in [7, 11) is 0. The standard InChI is InChI=1S/C21H19BrF3N3O2S/c1-13(2)28(12-14-4-3-5-15(10-14)19-26-11-18(22)31-19)20(29)27-16-6-8-17(9-7-16)30-21(23,24)25/h3-11,13H,12H2,1-2H3,(H,27,29). The highest BCUT2D eigenvalue weighted by atomic mass is 79.9. The van der Waals surface area contributed by atoms with Gasteiger partial charge in [0, 0.05) is 23.8 Å². The Bertz CT molecular complexity index is 1040. The molecule has 3 rings (SSSR count). The van der Waals surface area contributed by atoms with Crippen molar-refractivity contribution in [2.45, 2.75) is 32.8 Å². The molecule has 1 aromatic heterocycles. The van der Waals surface area contributed by atoms with Crippen molar-refractivity contribution in [2.75, 3.05) is 5.32 Å². The Morgan fingerprint density at radius 3 is 2.52 bits per heavy atom. The van der Waals surface area contributed by atoms with E-state index in [1.807, 2.05) is 38.1 Å². The van der Waals surface area contributed by atoms with Crippen molar-refractivity contribution in [2.24, 2.45) is 0 Å². The average Bonchev–Trinajstić information content (AvgIpc) is 3.13. The first-order valence-corrected chi connectivity index (χ1v) is 10.9. The van der Waals surface area contributed by atoms with Crippen LogP contribution < -0.4 is 10.1 Å². The summed E-state index contributed by atoms with van der Waals surface area (Å²) in [6.07, 6.45) is -3.02. The number of carbonyl (C=O) groups is 1. The molecule has 2 amide bonds. The maximum absolute atomic E-state index is 12.8. The van der Waals surface area contributed by atoms with Crippen LogP contribution in [0, 0.1) is 0 Å². The molecule has 0 saturated heterocycles. The van der Waals surface area contributed by atoms with E-state index < -0.39 is 6.36 Å². The minimum atomic E-state index is -4.76. The van der Waals surface area contributed by atoms with Crippen LogP contribution in [0.2, 0.25) is 0 Å². The number of anilines is 1. The van der Waals surface area contributed by atoms with Gasteiger partial charge in [0.1, 0.15) is 10.8 Å². The fourth-order valence-electron chi connectivity index (χ4n) is 2.81. The zero-order valence-corrected chi connectivity index (χ0v) is 19.0. The summed E-state index contributed by atoms with van der Waals surface area (Å²) in [5.41, 5.74) is 2.26. The first kappa shape index (κ1) is 23.1. The lowest BCUT2D eigenvalue weighted by molar-refractivity contribution is -0.274. The van der Waals surface area contributed by atoms with E-state index in [-0.39, 0.29) is 17.8 Å². The second-order valence-corrected chi connectivity index (χ2v) is 9.30. The number of nitrogens with one attached hydrogen (secondary N) is 1. The third-order valence-corrected chi connectivity index (χ3v) is 5.75. The molecular weight excluding hydrogens is 495 g/mol. The highest BCUT2D eigenvalue weighted by Gasteiger charge is 2.31. The molecule has 0 radical (unpaired) electrons. The van der Waals surface area contributed by atoms with E-state index >= 15 is 0 Å². The van der Waals surface area contributed by atoms with Crippen LogP contribution in [0.3, 0.4) is 0 Å². The number of hydrogen-bond acceptors (Lipinski definition) is 4. The van der Waals surface area contributed by atoms with Crippen LogP contribution in [-0.2, 0) is 6.54 Å². The zero-order valence-electron chi connectivity index (χ0n) is 16.6. The fraction of sp³-hybridized carbons (Fsp3) is 0.238. The van der Waals surface area contributed by atoms with Crippen LogP contribution in [0.25, 0.3) is 10.6 Å². The Labute approximate surface area is 190 Å². The van der Waals surface area contributed by atoms with Gasteiger partial charge in [-0.15, -0.1) is 24.5 Å². The molecule has 1 heterocycles. The predicted molar refractivity (Wildman–Crippen MR) is 118 cm³/mol. The summed E-state index contributed by atoms with van der Waals surface area (Å²) in [5.74, 6) is -0.350. The topological polar surface area (TPSA) is 54.5 Å². The van der Waals surface area contributed by atoms with Crippen molar-refractivity contribution < 1.29 is 22.7 Å². The lowest BCUT2D eigenvalue weighted by Crippen LogP contribution is -2.39. The molecule has 0 spiro atoms. The van der Waals surface area contributed by atoms with Gasteiger partial charge in [0.05, 0.1) is 9.98 Å². The lowest BCUT2D eigenvalue weighted by atomic mass is 10.1. The quantitative estimate of drug-likeness (QED) is 0.389. The van der Waals surface area contributed by atoms with E-state index in [1.54, 1.807) is 11.1 Å². The summed E-state index contributed by atoms with van der Waals surface area (Å²) < 4.78 is 41.6. The number of aromatic nitrogens is 1. The van der Waals surface area contributed by atoms with E-state index in [2.05, 4.69) is 31.0 Å². The molecule has 1 N–H and O–H groups in total. The summed E-state index contributed by atoms with van der Waals surface area (Å²) >= 11 is 4.93. The lowest BCUT2D eigenvalue weighted by Gasteiger charge is -2.27. The van der Waals surface area contributed by atoms with E-state index in [0.29, 0.717) is 12.2 Å². The van der Waals surface area contributed by atoms with Gasteiger partial charge in [0.2, 0.25) is 0 Å². The number of benzene rings is 2. The molecule has 0 saturated carbocycles. The number of rotatable bonds is 6. The molecule has 31 heavy (non-hydrogen) atoms. The number of ether oxygens (including phenoxy) is 1. The molecule has 164 valence electrons. The average molecular weight is 514 g/mol. The molecule has 5 nitrogen and oxygen atoms in total. The molecule has 10 heteroatoms. The molecule has 0 aliphatic rings.